The Morgan fingerprint density at radius 1 is 0.683 bits per heavy atom. The van der Waals surface area contributed by atoms with E-state index in [0.717, 1.165) is 28.5 Å². The minimum Gasteiger partial charge on any atom is -0.334 e. The first kappa shape index (κ1) is 30.0. The highest BCUT2D eigenvalue weighted by Gasteiger charge is 2.25. The molecule has 0 heterocycles. The predicted molar refractivity (Wildman–Crippen MR) is 165 cm³/mol. The zero-order valence-corrected chi connectivity index (χ0v) is 24.2. The van der Waals surface area contributed by atoms with Crippen LogP contribution in [0.3, 0.4) is 0 Å². The number of carbonyl (C=O) groups excluding carboxylic acids is 1. The third-order valence-electron chi connectivity index (χ3n) is 6.96. The molecule has 0 aromatic heterocycles. The van der Waals surface area contributed by atoms with Gasteiger partial charge < -0.3 is 4.90 Å². The zero-order valence-electron chi connectivity index (χ0n) is 23.4. The molecule has 6 heteroatoms. The molecule has 5 nitrogen and oxygen atoms in total. The quantitative estimate of drug-likeness (QED) is 0.120. The average molecular weight is 568 g/mol. The number of nitrogens with zero attached hydrogens (tertiary/aromatic N) is 1. The van der Waals surface area contributed by atoms with Crippen molar-refractivity contribution >= 4 is 16.0 Å². The van der Waals surface area contributed by atoms with Crippen molar-refractivity contribution in [2.24, 2.45) is 0 Å². The predicted octanol–water partition coefficient (Wildman–Crippen LogP) is 7.10. The highest BCUT2D eigenvalue weighted by Crippen LogP contribution is 2.27. The minimum absolute atomic E-state index is 0.0635. The third kappa shape index (κ3) is 9.85. The van der Waals surface area contributed by atoms with E-state index < -0.39 is 10.1 Å². The molecule has 212 valence electrons. The van der Waals surface area contributed by atoms with Crippen LogP contribution in [-0.2, 0) is 32.2 Å². The van der Waals surface area contributed by atoms with Crippen LogP contribution in [0.1, 0.15) is 46.9 Å². The summed E-state index contributed by atoms with van der Waals surface area (Å²) in [6, 6.07) is 39.8. The second-order valence-corrected chi connectivity index (χ2v) is 11.8. The van der Waals surface area contributed by atoms with Gasteiger partial charge in [-0.25, -0.2) is 0 Å². The molecule has 0 aliphatic rings. The summed E-state index contributed by atoms with van der Waals surface area (Å²) in [5, 5.41) is 0. The minimum atomic E-state index is -3.55. The molecular weight excluding hydrogens is 530 g/mol. The lowest BCUT2D eigenvalue weighted by molar-refractivity contribution is -0.134. The molecule has 4 aromatic rings. The van der Waals surface area contributed by atoms with Crippen molar-refractivity contribution in [3.05, 3.63) is 156 Å². The molecule has 2 unspecified atom stereocenters. The summed E-state index contributed by atoms with van der Waals surface area (Å²) in [5.41, 5.74) is 4.13. The molecule has 2 atom stereocenters. The van der Waals surface area contributed by atoms with Crippen molar-refractivity contribution in [1.82, 2.24) is 4.90 Å². The molecule has 0 bridgehead atoms. The van der Waals surface area contributed by atoms with E-state index in [9.17, 15) is 13.2 Å². The van der Waals surface area contributed by atoms with Gasteiger partial charge in [0.05, 0.1) is 18.8 Å². The number of hydrogen-bond acceptors (Lipinski definition) is 4. The molecule has 0 N–H and O–H groups in total. The molecule has 0 radical (unpaired) electrons. The van der Waals surface area contributed by atoms with Crippen LogP contribution in [0.5, 0.6) is 0 Å². The van der Waals surface area contributed by atoms with Gasteiger partial charge in [-0.2, -0.15) is 8.42 Å². The Balaban J connectivity index is 1.55. The van der Waals surface area contributed by atoms with E-state index in [1.165, 1.54) is 0 Å². The van der Waals surface area contributed by atoms with Crippen LogP contribution in [0.4, 0.5) is 0 Å². The second kappa shape index (κ2) is 15.1. The maximum Gasteiger partial charge on any atom is 0.264 e. The maximum absolute atomic E-state index is 14.2. The maximum atomic E-state index is 14.2. The number of rotatable bonds is 14. The second-order valence-electron chi connectivity index (χ2n) is 10.2. The summed E-state index contributed by atoms with van der Waals surface area (Å²) in [6.07, 6.45) is 6.25. The largest absolute Gasteiger partial charge is 0.334 e. The number of carbonyl (C=O) groups is 1. The number of amides is 1. The summed E-state index contributed by atoms with van der Waals surface area (Å²) in [7, 11) is -3.55. The molecule has 4 rings (SSSR count). The van der Waals surface area contributed by atoms with Crippen molar-refractivity contribution in [1.29, 1.82) is 0 Å². The molecule has 0 aliphatic carbocycles. The van der Waals surface area contributed by atoms with Gasteiger partial charge in [0.1, 0.15) is 0 Å². The van der Waals surface area contributed by atoms with Crippen LogP contribution >= 0.6 is 0 Å². The van der Waals surface area contributed by atoms with E-state index in [1.807, 2.05) is 138 Å². The summed E-state index contributed by atoms with van der Waals surface area (Å²) in [4.78, 5) is 16.2. The highest BCUT2D eigenvalue weighted by molar-refractivity contribution is 7.85. The lowest BCUT2D eigenvalue weighted by Crippen LogP contribution is -2.34. The van der Waals surface area contributed by atoms with Gasteiger partial charge in [0.25, 0.3) is 10.1 Å². The normalized spacial score (nSPS) is 13.1. The molecule has 0 spiro atoms. The van der Waals surface area contributed by atoms with E-state index >= 15 is 0 Å². The van der Waals surface area contributed by atoms with Gasteiger partial charge in [-0.15, -0.1) is 0 Å². The fourth-order valence-corrected chi connectivity index (χ4v) is 5.24. The van der Waals surface area contributed by atoms with Gasteiger partial charge in [0.2, 0.25) is 5.91 Å². The van der Waals surface area contributed by atoms with Crippen LogP contribution in [0.15, 0.2) is 133 Å². The first-order chi connectivity index (χ1) is 19.9. The lowest BCUT2D eigenvalue weighted by atomic mass is 9.92. The molecule has 0 fully saturated rings. The van der Waals surface area contributed by atoms with Crippen molar-refractivity contribution in [2.45, 2.75) is 37.8 Å². The van der Waals surface area contributed by atoms with Gasteiger partial charge in [0.15, 0.2) is 0 Å². The van der Waals surface area contributed by atoms with Crippen molar-refractivity contribution in [2.75, 3.05) is 12.9 Å². The number of hydrogen-bond donors (Lipinski definition) is 0. The Labute approximate surface area is 244 Å². The van der Waals surface area contributed by atoms with E-state index in [0.29, 0.717) is 25.9 Å². The van der Waals surface area contributed by atoms with E-state index in [-0.39, 0.29) is 24.3 Å². The molecule has 0 saturated carbocycles. The van der Waals surface area contributed by atoms with E-state index in [4.69, 9.17) is 4.18 Å². The average Bonchev–Trinajstić information content (AvgIpc) is 2.99. The van der Waals surface area contributed by atoms with Gasteiger partial charge in [-0.3, -0.25) is 8.98 Å². The smallest absolute Gasteiger partial charge is 0.264 e. The topological polar surface area (TPSA) is 63.7 Å². The van der Waals surface area contributed by atoms with E-state index in [2.05, 4.69) is 0 Å². The van der Waals surface area contributed by atoms with Crippen LogP contribution in [0, 0.1) is 0 Å². The van der Waals surface area contributed by atoms with Crippen LogP contribution in [0.2, 0.25) is 0 Å². The van der Waals surface area contributed by atoms with Crippen molar-refractivity contribution in [3.8, 4) is 0 Å². The molecule has 41 heavy (non-hydrogen) atoms. The third-order valence-corrected chi connectivity index (χ3v) is 7.52. The van der Waals surface area contributed by atoms with E-state index in [1.54, 1.807) is 0 Å². The van der Waals surface area contributed by atoms with Crippen LogP contribution < -0.4 is 0 Å². The van der Waals surface area contributed by atoms with Crippen LogP contribution in [0.25, 0.3) is 0 Å². The van der Waals surface area contributed by atoms with Gasteiger partial charge in [0, 0.05) is 19.0 Å². The number of benzene rings is 4. The Morgan fingerprint density at radius 3 is 1.61 bits per heavy atom. The standard InChI is InChI=1S/C35H37NO4S/c1-41(38,39)40-28-33(31-20-10-4-11-21-31)24-14-15-25-34(32-22-12-5-13-23-32)35(37)36(26-29-16-6-2-7-17-29)27-30-18-8-3-9-19-30/h2-23,33-34H,24-28H2,1H3. The molecule has 4 aromatic carbocycles. The SMILES string of the molecule is CS(=O)(=O)OCC(CC=CCC(C(=O)N(Cc1ccccc1)Cc1ccccc1)c1ccccc1)c1ccccc1. The Bertz CT molecular complexity index is 1430. The summed E-state index contributed by atoms with van der Waals surface area (Å²) in [6.45, 7) is 1.09. The zero-order chi connectivity index (χ0) is 28.9. The molecule has 0 saturated heterocycles. The first-order valence-electron chi connectivity index (χ1n) is 13.8. The molecular formula is C35H37NO4S. The summed E-state index contributed by atoms with van der Waals surface area (Å²) >= 11 is 0. The monoisotopic (exact) mass is 567 g/mol. The number of allylic oxidation sites excluding steroid dienone is 2. The Hall–Kier alpha value is -4.00. The Kier molecular flexibility index (Phi) is 11.1. The summed E-state index contributed by atoms with van der Waals surface area (Å²) < 4.78 is 28.5. The molecule has 0 aliphatic heterocycles. The van der Waals surface area contributed by atoms with Gasteiger partial charge >= 0.3 is 0 Å². The van der Waals surface area contributed by atoms with Crippen molar-refractivity contribution < 1.29 is 17.4 Å². The summed E-state index contributed by atoms with van der Waals surface area (Å²) in [5.74, 6) is -0.420. The fourth-order valence-electron chi connectivity index (χ4n) is 4.83. The fraction of sp³-hybridized carbons (Fsp3) is 0.229. The first-order valence-corrected chi connectivity index (χ1v) is 15.7. The molecule has 1 amide bonds. The Morgan fingerprint density at radius 2 is 1.12 bits per heavy atom. The lowest BCUT2D eigenvalue weighted by Gasteiger charge is -2.28. The van der Waals surface area contributed by atoms with Crippen LogP contribution in [-0.4, -0.2) is 32.1 Å². The van der Waals surface area contributed by atoms with Gasteiger partial charge in [-0.05, 0) is 35.1 Å². The van der Waals surface area contributed by atoms with Crippen molar-refractivity contribution in [3.63, 3.8) is 0 Å². The van der Waals surface area contributed by atoms with Gasteiger partial charge in [-0.1, -0.05) is 133 Å². The highest BCUT2D eigenvalue weighted by atomic mass is 32.2.